The molecule has 1 amide bonds. The Morgan fingerprint density at radius 2 is 1.60 bits per heavy atom. The van der Waals surface area contributed by atoms with Gasteiger partial charge in [-0.05, 0) is 30.2 Å². The van der Waals surface area contributed by atoms with E-state index in [4.69, 9.17) is 0 Å². The van der Waals surface area contributed by atoms with Crippen LogP contribution in [0.15, 0.2) is 24.3 Å². The molecule has 7 heteroatoms. The molecule has 6 nitrogen and oxygen atoms in total. The van der Waals surface area contributed by atoms with Gasteiger partial charge in [0, 0.05) is 26.2 Å². The summed E-state index contributed by atoms with van der Waals surface area (Å²) in [6.07, 6.45) is 1.14. The molecule has 0 aromatic heterocycles. The topological polar surface area (TPSA) is 60.9 Å². The normalized spacial score (nSPS) is 16.8. The third kappa shape index (κ3) is 5.19. The van der Waals surface area contributed by atoms with Crippen LogP contribution in [0, 0.1) is 0 Å². The molecule has 0 N–H and O–H groups in total. The van der Waals surface area contributed by atoms with Gasteiger partial charge < -0.3 is 9.80 Å². The van der Waals surface area contributed by atoms with Crippen LogP contribution in [0.2, 0.25) is 0 Å². The van der Waals surface area contributed by atoms with E-state index in [2.05, 4.69) is 25.7 Å². The lowest BCUT2D eigenvalue weighted by atomic mass is 9.87. The van der Waals surface area contributed by atoms with E-state index >= 15 is 0 Å². The molecule has 1 aliphatic heterocycles. The van der Waals surface area contributed by atoms with Gasteiger partial charge in [0.2, 0.25) is 15.9 Å². The minimum absolute atomic E-state index is 0.00982. The van der Waals surface area contributed by atoms with Crippen molar-refractivity contribution in [2.75, 3.05) is 50.3 Å². The number of anilines is 1. The molecule has 1 fully saturated rings. The summed E-state index contributed by atoms with van der Waals surface area (Å²) in [5.74, 6) is -0.154. The lowest BCUT2D eigenvalue weighted by Gasteiger charge is -2.34. The Balaban J connectivity index is 2.18. The molecule has 0 unspecified atom stereocenters. The molecule has 1 saturated heterocycles. The summed E-state index contributed by atoms with van der Waals surface area (Å²) >= 11 is 0. The van der Waals surface area contributed by atoms with Crippen molar-refractivity contribution in [2.24, 2.45) is 0 Å². The highest BCUT2D eigenvalue weighted by Crippen LogP contribution is 2.26. The second kappa shape index (κ2) is 7.33. The lowest BCUT2D eigenvalue weighted by Crippen LogP contribution is -2.50. The van der Waals surface area contributed by atoms with Crippen molar-refractivity contribution >= 4 is 21.6 Å². The van der Waals surface area contributed by atoms with Gasteiger partial charge in [-0.1, -0.05) is 32.9 Å². The van der Waals surface area contributed by atoms with E-state index in [9.17, 15) is 13.2 Å². The Labute approximate surface area is 151 Å². The molecule has 25 heavy (non-hydrogen) atoms. The Morgan fingerprint density at radius 3 is 2.04 bits per heavy atom. The van der Waals surface area contributed by atoms with Gasteiger partial charge in [0.05, 0.1) is 11.9 Å². The maximum absolute atomic E-state index is 12.6. The van der Waals surface area contributed by atoms with E-state index in [0.29, 0.717) is 18.8 Å². The molecule has 2 rings (SSSR count). The number of hydrogen-bond donors (Lipinski definition) is 0. The summed E-state index contributed by atoms with van der Waals surface area (Å²) in [6.45, 7) is 9.05. The maximum Gasteiger partial charge on any atom is 0.243 e. The van der Waals surface area contributed by atoms with Gasteiger partial charge >= 0.3 is 0 Å². The molecule has 0 bridgehead atoms. The number of hydrogen-bond acceptors (Lipinski definition) is 4. The Kier molecular flexibility index (Phi) is 5.79. The first kappa shape index (κ1) is 19.7. The van der Waals surface area contributed by atoms with E-state index < -0.39 is 10.0 Å². The highest BCUT2D eigenvalue weighted by molar-refractivity contribution is 7.92. The summed E-state index contributed by atoms with van der Waals surface area (Å²) < 4.78 is 25.7. The number of amides is 1. The fraction of sp³-hybridized carbons (Fsp3) is 0.611. The van der Waals surface area contributed by atoms with E-state index in [1.165, 1.54) is 4.31 Å². The van der Waals surface area contributed by atoms with Crippen LogP contribution in [0.25, 0.3) is 0 Å². The summed E-state index contributed by atoms with van der Waals surface area (Å²) in [6, 6.07) is 7.40. The van der Waals surface area contributed by atoms with Gasteiger partial charge in [0.15, 0.2) is 0 Å². The van der Waals surface area contributed by atoms with Crippen LogP contribution in [0.5, 0.6) is 0 Å². The SMILES string of the molecule is CN1CCN(C(=O)CN(c2ccc(C(C)(C)C)cc2)S(C)(=O)=O)CC1. The molecule has 0 saturated carbocycles. The summed E-state index contributed by atoms with van der Waals surface area (Å²) in [4.78, 5) is 16.5. The second-order valence-corrected chi connectivity index (χ2v) is 9.66. The molecule has 0 atom stereocenters. The predicted octanol–water partition coefficient (Wildman–Crippen LogP) is 1.52. The quantitative estimate of drug-likeness (QED) is 0.810. The van der Waals surface area contributed by atoms with Gasteiger partial charge in [-0.25, -0.2) is 8.42 Å². The Morgan fingerprint density at radius 1 is 1.08 bits per heavy atom. The molecule has 1 aromatic rings. The van der Waals surface area contributed by atoms with Crippen LogP contribution in [0.3, 0.4) is 0 Å². The third-order valence-electron chi connectivity index (χ3n) is 4.56. The fourth-order valence-electron chi connectivity index (χ4n) is 2.81. The number of likely N-dealkylation sites (N-methyl/N-ethyl adjacent to an activating group) is 1. The number of piperazine rings is 1. The van der Waals surface area contributed by atoms with E-state index in [0.717, 1.165) is 24.9 Å². The van der Waals surface area contributed by atoms with Gasteiger partial charge in [-0.15, -0.1) is 0 Å². The summed E-state index contributed by atoms with van der Waals surface area (Å²) in [5, 5.41) is 0. The highest BCUT2D eigenvalue weighted by atomic mass is 32.2. The van der Waals surface area contributed by atoms with Crippen molar-refractivity contribution in [1.82, 2.24) is 9.80 Å². The van der Waals surface area contributed by atoms with Crippen LogP contribution in [-0.4, -0.2) is 70.2 Å². The van der Waals surface area contributed by atoms with Crippen LogP contribution >= 0.6 is 0 Å². The Bertz CT molecular complexity index is 700. The average Bonchev–Trinajstić information content (AvgIpc) is 2.51. The summed E-state index contributed by atoms with van der Waals surface area (Å²) in [7, 11) is -1.52. The first-order valence-corrected chi connectivity index (χ1v) is 10.4. The number of benzene rings is 1. The van der Waals surface area contributed by atoms with Gasteiger partial charge in [0.1, 0.15) is 6.54 Å². The second-order valence-electron chi connectivity index (χ2n) is 7.75. The number of rotatable bonds is 4. The molecule has 1 heterocycles. The molecule has 0 radical (unpaired) electrons. The number of carbonyl (C=O) groups excluding carboxylic acids is 1. The first-order valence-electron chi connectivity index (χ1n) is 8.53. The smallest absolute Gasteiger partial charge is 0.243 e. The standard InChI is InChI=1S/C18H29N3O3S/c1-18(2,3)15-6-8-16(9-7-15)21(25(5,23)24)14-17(22)20-12-10-19(4)11-13-20/h6-9H,10-14H2,1-5H3. The Hall–Kier alpha value is -1.60. The zero-order valence-corrected chi connectivity index (χ0v) is 16.6. The van der Waals surface area contributed by atoms with E-state index in [-0.39, 0.29) is 17.9 Å². The van der Waals surface area contributed by atoms with Crippen LogP contribution in [0.1, 0.15) is 26.3 Å². The van der Waals surface area contributed by atoms with Crippen LogP contribution in [0.4, 0.5) is 5.69 Å². The zero-order valence-electron chi connectivity index (χ0n) is 15.8. The third-order valence-corrected chi connectivity index (χ3v) is 5.70. The maximum atomic E-state index is 12.6. The number of sulfonamides is 1. The van der Waals surface area contributed by atoms with Crippen molar-refractivity contribution in [3.8, 4) is 0 Å². The zero-order chi connectivity index (χ0) is 18.8. The summed E-state index contributed by atoms with van der Waals surface area (Å²) in [5.41, 5.74) is 1.64. The van der Waals surface area contributed by atoms with Crippen molar-refractivity contribution in [2.45, 2.75) is 26.2 Å². The van der Waals surface area contributed by atoms with Crippen LogP contribution in [-0.2, 0) is 20.2 Å². The van der Waals surface area contributed by atoms with Crippen LogP contribution < -0.4 is 4.31 Å². The van der Waals surface area contributed by atoms with Crippen molar-refractivity contribution in [1.29, 1.82) is 0 Å². The average molecular weight is 368 g/mol. The van der Waals surface area contributed by atoms with E-state index in [1.807, 2.05) is 19.2 Å². The minimum atomic E-state index is -3.54. The van der Waals surface area contributed by atoms with Gasteiger partial charge in [-0.3, -0.25) is 9.10 Å². The molecule has 140 valence electrons. The monoisotopic (exact) mass is 367 g/mol. The van der Waals surface area contributed by atoms with E-state index in [1.54, 1.807) is 17.0 Å². The van der Waals surface area contributed by atoms with Crippen molar-refractivity contribution in [3.63, 3.8) is 0 Å². The molecule has 0 aliphatic carbocycles. The lowest BCUT2D eigenvalue weighted by molar-refractivity contribution is -0.131. The molecule has 1 aliphatic rings. The van der Waals surface area contributed by atoms with Crippen molar-refractivity contribution < 1.29 is 13.2 Å². The fourth-order valence-corrected chi connectivity index (χ4v) is 3.66. The largest absolute Gasteiger partial charge is 0.339 e. The molecule has 0 spiro atoms. The number of carbonyl (C=O) groups is 1. The predicted molar refractivity (Wildman–Crippen MR) is 101 cm³/mol. The highest BCUT2D eigenvalue weighted by Gasteiger charge is 2.26. The van der Waals surface area contributed by atoms with Crippen molar-refractivity contribution in [3.05, 3.63) is 29.8 Å². The number of nitrogens with zero attached hydrogens (tertiary/aromatic N) is 3. The first-order chi connectivity index (χ1) is 11.5. The minimum Gasteiger partial charge on any atom is -0.339 e. The van der Waals surface area contributed by atoms with Gasteiger partial charge in [0.25, 0.3) is 0 Å². The molecular formula is C18H29N3O3S. The molecular weight excluding hydrogens is 338 g/mol. The molecule has 1 aromatic carbocycles. The van der Waals surface area contributed by atoms with Gasteiger partial charge in [-0.2, -0.15) is 0 Å².